The number of ether oxygens (including phenoxy) is 2. The quantitative estimate of drug-likeness (QED) is 0.748. The van der Waals surface area contributed by atoms with Gasteiger partial charge >= 0.3 is 0 Å². The molecule has 1 aliphatic heterocycles. The summed E-state index contributed by atoms with van der Waals surface area (Å²) in [5.41, 5.74) is 1.33. The first-order chi connectivity index (χ1) is 8.88. The molecule has 0 N–H and O–H groups in total. The fourth-order valence-electron chi connectivity index (χ4n) is 2.31. The Morgan fingerprint density at radius 1 is 1.22 bits per heavy atom. The topological polar surface area (TPSA) is 21.8 Å². The van der Waals surface area contributed by atoms with Crippen LogP contribution in [0.25, 0.3) is 10.8 Å². The van der Waals surface area contributed by atoms with Gasteiger partial charge in [-0.3, -0.25) is 0 Å². The molecule has 0 saturated carbocycles. The molecule has 1 heterocycles. The standard InChI is InChI=1S/C16H18O2/c1-2-5-15-14-7-4-3-6-12(14)8-9-16(15)18-11-13-10-17-13/h3-4,6-9,13H,2,5,10-11H2,1H3. The highest BCUT2D eigenvalue weighted by Crippen LogP contribution is 2.29. The molecule has 1 aliphatic rings. The van der Waals surface area contributed by atoms with Crippen molar-refractivity contribution >= 4 is 10.8 Å². The molecular formula is C16H18O2. The number of hydrogen-bond acceptors (Lipinski definition) is 2. The summed E-state index contributed by atoms with van der Waals surface area (Å²) in [6.07, 6.45) is 2.50. The molecule has 0 amide bonds. The number of hydrogen-bond donors (Lipinski definition) is 0. The highest BCUT2D eigenvalue weighted by Gasteiger charge is 2.23. The van der Waals surface area contributed by atoms with Crippen LogP contribution in [-0.2, 0) is 11.2 Å². The normalized spacial score (nSPS) is 17.9. The molecule has 0 aliphatic carbocycles. The summed E-state index contributed by atoms with van der Waals surface area (Å²) >= 11 is 0. The van der Waals surface area contributed by atoms with Crippen molar-refractivity contribution in [3.8, 4) is 5.75 Å². The van der Waals surface area contributed by atoms with Gasteiger partial charge in [-0.2, -0.15) is 0 Å². The van der Waals surface area contributed by atoms with E-state index in [4.69, 9.17) is 9.47 Å². The summed E-state index contributed by atoms with van der Waals surface area (Å²) < 4.78 is 11.1. The van der Waals surface area contributed by atoms with Crippen molar-refractivity contribution in [2.75, 3.05) is 13.2 Å². The van der Waals surface area contributed by atoms with Gasteiger partial charge in [-0.25, -0.2) is 0 Å². The van der Waals surface area contributed by atoms with Crippen molar-refractivity contribution in [1.29, 1.82) is 0 Å². The van der Waals surface area contributed by atoms with Gasteiger partial charge in [-0.1, -0.05) is 43.7 Å². The van der Waals surface area contributed by atoms with Crippen molar-refractivity contribution in [1.82, 2.24) is 0 Å². The Hall–Kier alpha value is -1.54. The second-order valence-electron chi connectivity index (χ2n) is 4.78. The second-order valence-corrected chi connectivity index (χ2v) is 4.78. The minimum absolute atomic E-state index is 0.311. The molecule has 1 unspecified atom stereocenters. The van der Waals surface area contributed by atoms with Crippen molar-refractivity contribution in [2.45, 2.75) is 25.9 Å². The van der Waals surface area contributed by atoms with E-state index in [1.807, 2.05) is 0 Å². The zero-order valence-electron chi connectivity index (χ0n) is 10.7. The number of epoxide rings is 1. The molecule has 3 rings (SSSR count). The van der Waals surface area contributed by atoms with Crippen LogP contribution >= 0.6 is 0 Å². The highest BCUT2D eigenvalue weighted by molar-refractivity contribution is 5.87. The number of benzene rings is 2. The lowest BCUT2D eigenvalue weighted by atomic mass is 10.00. The third kappa shape index (κ3) is 2.34. The Bertz CT molecular complexity index is 544. The average molecular weight is 242 g/mol. The van der Waals surface area contributed by atoms with Crippen molar-refractivity contribution in [3.63, 3.8) is 0 Å². The number of rotatable bonds is 5. The van der Waals surface area contributed by atoms with E-state index in [-0.39, 0.29) is 0 Å². The summed E-state index contributed by atoms with van der Waals surface area (Å²) in [5, 5.41) is 2.60. The summed E-state index contributed by atoms with van der Waals surface area (Å²) in [7, 11) is 0. The van der Waals surface area contributed by atoms with E-state index in [1.54, 1.807) is 0 Å². The van der Waals surface area contributed by atoms with Gasteiger partial charge in [0.25, 0.3) is 0 Å². The molecule has 1 saturated heterocycles. The van der Waals surface area contributed by atoms with E-state index < -0.39 is 0 Å². The highest BCUT2D eigenvalue weighted by atomic mass is 16.6. The van der Waals surface area contributed by atoms with Crippen LogP contribution < -0.4 is 4.74 Å². The first kappa shape index (κ1) is 11.5. The van der Waals surface area contributed by atoms with E-state index in [9.17, 15) is 0 Å². The largest absolute Gasteiger partial charge is 0.490 e. The zero-order chi connectivity index (χ0) is 12.4. The average Bonchev–Trinajstić information content (AvgIpc) is 3.22. The smallest absolute Gasteiger partial charge is 0.123 e. The lowest BCUT2D eigenvalue weighted by Gasteiger charge is -2.13. The van der Waals surface area contributed by atoms with Gasteiger partial charge < -0.3 is 9.47 Å². The molecule has 0 bridgehead atoms. The third-order valence-electron chi connectivity index (χ3n) is 3.32. The Morgan fingerprint density at radius 3 is 2.83 bits per heavy atom. The van der Waals surface area contributed by atoms with Gasteiger partial charge in [-0.05, 0) is 23.3 Å². The lowest BCUT2D eigenvalue weighted by molar-refractivity contribution is 0.261. The van der Waals surface area contributed by atoms with Gasteiger partial charge in [0.15, 0.2) is 0 Å². The van der Waals surface area contributed by atoms with Gasteiger partial charge in [0, 0.05) is 5.56 Å². The predicted molar refractivity (Wildman–Crippen MR) is 73.2 cm³/mol. The monoisotopic (exact) mass is 242 g/mol. The Morgan fingerprint density at radius 2 is 2.06 bits per heavy atom. The van der Waals surface area contributed by atoms with Gasteiger partial charge in [0.1, 0.15) is 18.5 Å². The first-order valence-electron chi connectivity index (χ1n) is 6.63. The summed E-state index contributed by atoms with van der Waals surface area (Å²) in [6, 6.07) is 12.7. The predicted octanol–water partition coefficient (Wildman–Crippen LogP) is 3.57. The molecule has 0 radical (unpaired) electrons. The first-order valence-corrected chi connectivity index (χ1v) is 6.63. The van der Waals surface area contributed by atoms with E-state index in [2.05, 4.69) is 43.3 Å². The maximum atomic E-state index is 5.90. The van der Waals surface area contributed by atoms with E-state index in [0.717, 1.165) is 25.2 Å². The van der Waals surface area contributed by atoms with E-state index >= 15 is 0 Å². The van der Waals surface area contributed by atoms with Crippen LogP contribution in [0, 0.1) is 0 Å². The number of fused-ring (bicyclic) bond motifs is 1. The van der Waals surface area contributed by atoms with Crippen molar-refractivity contribution < 1.29 is 9.47 Å². The number of aryl methyl sites for hydroxylation is 1. The minimum atomic E-state index is 0.311. The fourth-order valence-corrected chi connectivity index (χ4v) is 2.31. The molecule has 2 heteroatoms. The Labute approximate surface area is 108 Å². The molecule has 0 spiro atoms. The molecular weight excluding hydrogens is 224 g/mol. The Kier molecular flexibility index (Phi) is 3.20. The van der Waals surface area contributed by atoms with Crippen LogP contribution in [0.3, 0.4) is 0 Å². The molecule has 1 atom stereocenters. The maximum absolute atomic E-state index is 5.90. The van der Waals surface area contributed by atoms with Crippen LogP contribution in [0.5, 0.6) is 5.75 Å². The van der Waals surface area contributed by atoms with E-state index in [1.165, 1.54) is 16.3 Å². The second kappa shape index (κ2) is 4.99. The van der Waals surface area contributed by atoms with Crippen molar-refractivity contribution in [2.24, 2.45) is 0 Å². The molecule has 94 valence electrons. The third-order valence-corrected chi connectivity index (χ3v) is 3.32. The fraction of sp³-hybridized carbons (Fsp3) is 0.375. The van der Waals surface area contributed by atoms with Gasteiger partial charge in [-0.15, -0.1) is 0 Å². The van der Waals surface area contributed by atoms with E-state index in [0.29, 0.717) is 12.7 Å². The Balaban J connectivity index is 1.97. The minimum Gasteiger partial charge on any atom is -0.490 e. The molecule has 2 nitrogen and oxygen atoms in total. The summed E-state index contributed by atoms with van der Waals surface area (Å²) in [5.74, 6) is 1.02. The van der Waals surface area contributed by atoms with Crippen molar-refractivity contribution in [3.05, 3.63) is 42.0 Å². The van der Waals surface area contributed by atoms with Crippen LogP contribution in [0.1, 0.15) is 18.9 Å². The van der Waals surface area contributed by atoms with Crippen LogP contribution in [-0.4, -0.2) is 19.3 Å². The lowest BCUT2D eigenvalue weighted by Crippen LogP contribution is -2.06. The molecule has 1 fully saturated rings. The van der Waals surface area contributed by atoms with Gasteiger partial charge in [0.05, 0.1) is 6.61 Å². The molecule has 2 aromatic rings. The molecule has 2 aromatic carbocycles. The molecule has 18 heavy (non-hydrogen) atoms. The zero-order valence-corrected chi connectivity index (χ0v) is 10.7. The van der Waals surface area contributed by atoms with Crippen LogP contribution in [0.4, 0.5) is 0 Å². The van der Waals surface area contributed by atoms with Crippen LogP contribution in [0.2, 0.25) is 0 Å². The SMILES string of the molecule is CCCc1c(OCC2CO2)ccc2ccccc12. The summed E-state index contributed by atoms with van der Waals surface area (Å²) in [4.78, 5) is 0. The van der Waals surface area contributed by atoms with Crippen LogP contribution in [0.15, 0.2) is 36.4 Å². The summed E-state index contributed by atoms with van der Waals surface area (Å²) in [6.45, 7) is 3.72. The maximum Gasteiger partial charge on any atom is 0.123 e. The molecule has 0 aromatic heterocycles. The van der Waals surface area contributed by atoms with Gasteiger partial charge in [0.2, 0.25) is 0 Å².